The van der Waals surface area contributed by atoms with Crippen LogP contribution in [0.2, 0.25) is 0 Å². The van der Waals surface area contributed by atoms with Gasteiger partial charge in [-0.05, 0) is 29.8 Å². The van der Waals surface area contributed by atoms with Crippen molar-refractivity contribution >= 4 is 15.9 Å². The summed E-state index contributed by atoms with van der Waals surface area (Å²) in [5, 5.41) is 8.83. The third-order valence-electron chi connectivity index (χ3n) is 3.23. The highest BCUT2D eigenvalue weighted by molar-refractivity contribution is 9.10. The Morgan fingerprint density at radius 1 is 1.14 bits per heavy atom. The number of benzene rings is 2. The maximum atomic E-state index is 8.83. The van der Waals surface area contributed by atoms with Crippen molar-refractivity contribution in [3.05, 3.63) is 76.5 Å². The molecule has 3 nitrogen and oxygen atoms in total. The van der Waals surface area contributed by atoms with Crippen molar-refractivity contribution in [2.45, 2.75) is 6.54 Å². The van der Waals surface area contributed by atoms with E-state index in [1.165, 1.54) is 0 Å². The van der Waals surface area contributed by atoms with Crippen molar-refractivity contribution in [2.24, 2.45) is 0 Å². The van der Waals surface area contributed by atoms with Crippen molar-refractivity contribution in [3.63, 3.8) is 0 Å². The normalized spacial score (nSPS) is 10.3. The lowest BCUT2D eigenvalue weighted by Crippen LogP contribution is -2.01. The van der Waals surface area contributed by atoms with Gasteiger partial charge in [0.05, 0.1) is 11.6 Å². The van der Waals surface area contributed by atoms with Crippen LogP contribution < -0.4 is 0 Å². The Bertz CT molecular complexity index is 797. The number of hydrogen-bond donors (Lipinski definition) is 0. The molecule has 0 radical (unpaired) electrons. The highest BCUT2D eigenvalue weighted by Gasteiger charge is 2.07. The van der Waals surface area contributed by atoms with Gasteiger partial charge in [0.1, 0.15) is 5.82 Å². The van der Waals surface area contributed by atoms with E-state index in [1.807, 2.05) is 48.7 Å². The van der Waals surface area contributed by atoms with Gasteiger partial charge in [0.2, 0.25) is 0 Å². The van der Waals surface area contributed by atoms with E-state index in [4.69, 9.17) is 5.26 Å². The van der Waals surface area contributed by atoms with Crippen LogP contribution in [0.4, 0.5) is 0 Å². The first-order valence-corrected chi connectivity index (χ1v) is 7.32. The van der Waals surface area contributed by atoms with E-state index in [1.54, 1.807) is 6.20 Å². The zero-order valence-electron chi connectivity index (χ0n) is 11.2. The van der Waals surface area contributed by atoms with Crippen LogP contribution in [0.3, 0.4) is 0 Å². The molecule has 1 heterocycles. The molecule has 4 heteroatoms. The van der Waals surface area contributed by atoms with Crippen molar-refractivity contribution in [1.29, 1.82) is 5.26 Å². The molecule has 3 rings (SSSR count). The number of halogens is 1. The standard InChI is InChI=1S/C17H12BrN3/c18-16-3-1-2-15(10-16)17-20-8-9-21(17)12-14-6-4-13(11-19)5-7-14/h1-10H,12H2. The highest BCUT2D eigenvalue weighted by atomic mass is 79.9. The molecule has 3 aromatic rings. The molecule has 102 valence electrons. The molecular weight excluding hydrogens is 326 g/mol. The highest BCUT2D eigenvalue weighted by Crippen LogP contribution is 2.22. The zero-order chi connectivity index (χ0) is 14.7. The SMILES string of the molecule is N#Cc1ccc(Cn2ccnc2-c2cccc(Br)c2)cc1. The van der Waals surface area contributed by atoms with E-state index in [2.05, 4.69) is 37.6 Å². The summed E-state index contributed by atoms with van der Waals surface area (Å²) in [6, 6.07) is 17.9. The van der Waals surface area contributed by atoms with Crippen molar-refractivity contribution < 1.29 is 0 Å². The molecule has 0 saturated carbocycles. The largest absolute Gasteiger partial charge is 0.327 e. The molecule has 0 aliphatic rings. The lowest BCUT2D eigenvalue weighted by atomic mass is 10.1. The summed E-state index contributed by atoms with van der Waals surface area (Å²) in [6.07, 6.45) is 3.77. The molecule has 0 unspecified atom stereocenters. The van der Waals surface area contributed by atoms with Gasteiger partial charge in [0.15, 0.2) is 0 Å². The summed E-state index contributed by atoms with van der Waals surface area (Å²) < 4.78 is 3.14. The van der Waals surface area contributed by atoms with Crippen molar-refractivity contribution in [1.82, 2.24) is 9.55 Å². The topological polar surface area (TPSA) is 41.6 Å². The third kappa shape index (κ3) is 3.04. The van der Waals surface area contributed by atoms with Gasteiger partial charge in [-0.25, -0.2) is 4.98 Å². The molecule has 0 aliphatic carbocycles. The van der Waals surface area contributed by atoms with E-state index in [0.717, 1.165) is 28.0 Å². The van der Waals surface area contributed by atoms with Gasteiger partial charge in [-0.1, -0.05) is 40.2 Å². The number of rotatable bonds is 3. The zero-order valence-corrected chi connectivity index (χ0v) is 12.8. The Hall–Kier alpha value is -2.38. The lowest BCUT2D eigenvalue weighted by molar-refractivity contribution is 0.807. The lowest BCUT2D eigenvalue weighted by Gasteiger charge is -2.08. The fraction of sp³-hybridized carbons (Fsp3) is 0.0588. The van der Waals surface area contributed by atoms with Crippen LogP contribution in [0.1, 0.15) is 11.1 Å². The van der Waals surface area contributed by atoms with Gasteiger partial charge in [-0.3, -0.25) is 0 Å². The van der Waals surface area contributed by atoms with Crippen molar-refractivity contribution in [3.8, 4) is 17.5 Å². The molecule has 0 amide bonds. The van der Waals surface area contributed by atoms with E-state index in [0.29, 0.717) is 5.56 Å². The minimum atomic E-state index is 0.677. The van der Waals surface area contributed by atoms with Gasteiger partial charge < -0.3 is 4.57 Å². The van der Waals surface area contributed by atoms with Gasteiger partial charge in [0, 0.05) is 29.0 Å². The Morgan fingerprint density at radius 3 is 2.67 bits per heavy atom. The van der Waals surface area contributed by atoms with Crippen LogP contribution in [-0.4, -0.2) is 9.55 Å². The molecule has 0 saturated heterocycles. The predicted molar refractivity (Wildman–Crippen MR) is 85.6 cm³/mol. The number of imidazole rings is 1. The molecule has 21 heavy (non-hydrogen) atoms. The molecule has 1 aromatic heterocycles. The molecule has 0 atom stereocenters. The van der Waals surface area contributed by atoms with Gasteiger partial charge in [0.25, 0.3) is 0 Å². The summed E-state index contributed by atoms with van der Waals surface area (Å²) in [7, 11) is 0. The van der Waals surface area contributed by atoms with Crippen LogP contribution in [0.15, 0.2) is 65.4 Å². The van der Waals surface area contributed by atoms with Gasteiger partial charge in [-0.2, -0.15) is 5.26 Å². The smallest absolute Gasteiger partial charge is 0.140 e. The maximum Gasteiger partial charge on any atom is 0.140 e. The molecular formula is C17H12BrN3. The van der Waals surface area contributed by atoms with E-state index in [-0.39, 0.29) is 0 Å². The third-order valence-corrected chi connectivity index (χ3v) is 3.73. The molecule has 0 bridgehead atoms. The Labute approximate surface area is 131 Å². The Kier molecular flexibility index (Phi) is 3.85. The maximum absolute atomic E-state index is 8.83. The average molecular weight is 338 g/mol. The molecule has 0 N–H and O–H groups in total. The Morgan fingerprint density at radius 2 is 1.95 bits per heavy atom. The van der Waals surface area contributed by atoms with E-state index >= 15 is 0 Å². The summed E-state index contributed by atoms with van der Waals surface area (Å²) in [5.74, 6) is 0.931. The number of nitriles is 1. The number of aromatic nitrogens is 2. The minimum absolute atomic E-state index is 0.677. The van der Waals surface area contributed by atoms with Crippen LogP contribution in [-0.2, 0) is 6.54 Å². The van der Waals surface area contributed by atoms with Crippen LogP contribution in [0.5, 0.6) is 0 Å². The van der Waals surface area contributed by atoms with Crippen molar-refractivity contribution in [2.75, 3.05) is 0 Å². The first kappa shape index (κ1) is 13.6. The fourth-order valence-corrected chi connectivity index (χ4v) is 2.61. The molecule has 0 fully saturated rings. The van der Waals surface area contributed by atoms with Gasteiger partial charge in [-0.15, -0.1) is 0 Å². The van der Waals surface area contributed by atoms with E-state index in [9.17, 15) is 0 Å². The predicted octanol–water partition coefficient (Wildman–Crippen LogP) is 4.23. The molecule has 2 aromatic carbocycles. The van der Waals surface area contributed by atoms with Crippen LogP contribution in [0, 0.1) is 11.3 Å². The monoisotopic (exact) mass is 337 g/mol. The second kappa shape index (κ2) is 5.94. The quantitative estimate of drug-likeness (QED) is 0.717. The second-order valence-electron chi connectivity index (χ2n) is 4.70. The average Bonchev–Trinajstić information content (AvgIpc) is 2.96. The van der Waals surface area contributed by atoms with Gasteiger partial charge >= 0.3 is 0 Å². The summed E-state index contributed by atoms with van der Waals surface area (Å²) >= 11 is 3.49. The summed E-state index contributed by atoms with van der Waals surface area (Å²) in [4.78, 5) is 4.45. The van der Waals surface area contributed by atoms with E-state index < -0.39 is 0 Å². The summed E-state index contributed by atoms with van der Waals surface area (Å²) in [5.41, 5.74) is 2.89. The first-order chi connectivity index (χ1) is 10.3. The fourth-order valence-electron chi connectivity index (χ4n) is 2.21. The minimum Gasteiger partial charge on any atom is -0.327 e. The van der Waals surface area contributed by atoms with Crippen LogP contribution in [0.25, 0.3) is 11.4 Å². The summed E-state index contributed by atoms with van der Waals surface area (Å²) in [6.45, 7) is 0.730. The first-order valence-electron chi connectivity index (χ1n) is 6.52. The number of nitrogens with zero attached hydrogens (tertiary/aromatic N) is 3. The molecule has 0 aliphatic heterocycles. The Balaban J connectivity index is 1.90. The van der Waals surface area contributed by atoms with Crippen LogP contribution >= 0.6 is 15.9 Å². The second-order valence-corrected chi connectivity index (χ2v) is 5.61. The molecule has 0 spiro atoms. The number of hydrogen-bond acceptors (Lipinski definition) is 2.